The molecule has 7 heteroatoms. The van der Waals surface area contributed by atoms with Gasteiger partial charge in [0.05, 0.1) is 4.90 Å². The number of hydrogen-bond acceptors (Lipinski definition) is 3. The normalized spacial score (nSPS) is 11.0. The maximum absolute atomic E-state index is 12.4. The van der Waals surface area contributed by atoms with Gasteiger partial charge in [-0.25, -0.2) is 8.42 Å². The average Bonchev–Trinajstić information content (AvgIpc) is 2.68. The second-order valence-corrected chi connectivity index (χ2v) is 7.86. The summed E-state index contributed by atoms with van der Waals surface area (Å²) in [4.78, 5) is 12.5. The standard InChI is InChI=1S/C20H17ClN2O3S/c21-19-12-5-4-7-16(19)14-22-20(24)15-8-6-9-17(13-15)23-27(25,26)18-10-2-1-3-11-18/h1-13,23H,14H2,(H,22,24). The van der Waals surface area contributed by atoms with Gasteiger partial charge in [0.15, 0.2) is 0 Å². The Balaban J connectivity index is 1.72. The molecule has 0 aliphatic carbocycles. The summed E-state index contributed by atoms with van der Waals surface area (Å²) >= 11 is 6.08. The molecule has 0 aliphatic rings. The number of rotatable bonds is 6. The number of sulfonamides is 1. The molecule has 0 heterocycles. The molecular formula is C20H17ClN2O3S. The van der Waals surface area contributed by atoms with Crippen molar-refractivity contribution in [3.05, 3.63) is 95.0 Å². The summed E-state index contributed by atoms with van der Waals surface area (Å²) in [5.74, 6) is -0.323. The molecule has 0 unspecified atom stereocenters. The van der Waals surface area contributed by atoms with Crippen molar-refractivity contribution in [2.75, 3.05) is 4.72 Å². The van der Waals surface area contributed by atoms with Gasteiger partial charge >= 0.3 is 0 Å². The lowest BCUT2D eigenvalue weighted by Crippen LogP contribution is -2.23. The van der Waals surface area contributed by atoms with Crippen LogP contribution in [0.25, 0.3) is 0 Å². The Hall–Kier alpha value is -2.83. The van der Waals surface area contributed by atoms with Crippen LogP contribution in [0.5, 0.6) is 0 Å². The third-order valence-electron chi connectivity index (χ3n) is 3.83. The van der Waals surface area contributed by atoms with Crippen molar-refractivity contribution in [2.24, 2.45) is 0 Å². The highest BCUT2D eigenvalue weighted by atomic mass is 35.5. The zero-order valence-electron chi connectivity index (χ0n) is 14.2. The van der Waals surface area contributed by atoms with Crippen molar-refractivity contribution in [1.82, 2.24) is 5.32 Å². The Morgan fingerprint density at radius 2 is 1.59 bits per heavy atom. The molecule has 0 aliphatic heterocycles. The summed E-state index contributed by atoms with van der Waals surface area (Å²) < 4.78 is 27.3. The lowest BCUT2D eigenvalue weighted by molar-refractivity contribution is 0.0951. The average molecular weight is 401 g/mol. The van der Waals surface area contributed by atoms with E-state index in [1.807, 2.05) is 18.2 Å². The largest absolute Gasteiger partial charge is 0.348 e. The predicted molar refractivity (Wildman–Crippen MR) is 106 cm³/mol. The zero-order valence-corrected chi connectivity index (χ0v) is 15.8. The van der Waals surface area contributed by atoms with Crippen LogP contribution in [-0.4, -0.2) is 14.3 Å². The third kappa shape index (κ3) is 4.87. The molecule has 0 saturated heterocycles. The van der Waals surface area contributed by atoms with Crippen molar-refractivity contribution >= 4 is 33.2 Å². The molecule has 0 saturated carbocycles. The maximum atomic E-state index is 12.4. The van der Waals surface area contributed by atoms with Gasteiger partial charge in [-0.2, -0.15) is 0 Å². The van der Waals surface area contributed by atoms with Crippen molar-refractivity contribution in [3.8, 4) is 0 Å². The second-order valence-electron chi connectivity index (χ2n) is 5.77. The number of anilines is 1. The quantitative estimate of drug-likeness (QED) is 0.654. The number of nitrogens with one attached hydrogen (secondary N) is 2. The summed E-state index contributed by atoms with van der Waals surface area (Å²) in [6, 6.07) is 21.6. The SMILES string of the molecule is O=C(NCc1ccccc1Cl)c1cccc(NS(=O)(=O)c2ccccc2)c1. The van der Waals surface area contributed by atoms with E-state index in [1.54, 1.807) is 42.5 Å². The Labute approximate surface area is 163 Å². The van der Waals surface area contributed by atoms with Crippen LogP contribution in [0, 0.1) is 0 Å². The van der Waals surface area contributed by atoms with Gasteiger partial charge in [0.25, 0.3) is 15.9 Å². The fourth-order valence-electron chi connectivity index (χ4n) is 2.46. The minimum absolute atomic E-state index is 0.151. The molecule has 3 rings (SSSR count). The van der Waals surface area contributed by atoms with E-state index in [0.717, 1.165) is 5.56 Å². The Morgan fingerprint density at radius 3 is 2.33 bits per heavy atom. The Bertz CT molecular complexity index is 1050. The molecule has 138 valence electrons. The topological polar surface area (TPSA) is 75.3 Å². The number of carbonyl (C=O) groups is 1. The van der Waals surface area contributed by atoms with E-state index in [-0.39, 0.29) is 17.3 Å². The Kier molecular flexibility index (Phi) is 5.78. The Morgan fingerprint density at radius 1 is 0.889 bits per heavy atom. The molecule has 0 spiro atoms. The minimum atomic E-state index is -3.72. The van der Waals surface area contributed by atoms with E-state index < -0.39 is 10.0 Å². The molecule has 0 atom stereocenters. The van der Waals surface area contributed by atoms with E-state index >= 15 is 0 Å². The molecule has 27 heavy (non-hydrogen) atoms. The maximum Gasteiger partial charge on any atom is 0.261 e. The summed E-state index contributed by atoms with van der Waals surface area (Å²) in [6.07, 6.45) is 0. The molecule has 3 aromatic carbocycles. The molecule has 5 nitrogen and oxygen atoms in total. The van der Waals surface area contributed by atoms with Gasteiger partial charge < -0.3 is 5.32 Å². The monoisotopic (exact) mass is 400 g/mol. The summed E-state index contributed by atoms with van der Waals surface area (Å²) in [6.45, 7) is 0.276. The van der Waals surface area contributed by atoms with Gasteiger partial charge in [0, 0.05) is 22.8 Å². The number of amides is 1. The third-order valence-corrected chi connectivity index (χ3v) is 5.59. The minimum Gasteiger partial charge on any atom is -0.348 e. The molecule has 3 aromatic rings. The van der Waals surface area contributed by atoms with Gasteiger partial charge in [-0.1, -0.05) is 54.1 Å². The molecule has 0 aromatic heterocycles. The van der Waals surface area contributed by atoms with Crippen LogP contribution < -0.4 is 10.0 Å². The summed E-state index contributed by atoms with van der Waals surface area (Å²) in [7, 11) is -3.72. The summed E-state index contributed by atoms with van der Waals surface area (Å²) in [5, 5.41) is 3.35. The first-order chi connectivity index (χ1) is 13.0. The number of hydrogen-bond donors (Lipinski definition) is 2. The van der Waals surface area contributed by atoms with Crippen LogP contribution in [0.3, 0.4) is 0 Å². The lowest BCUT2D eigenvalue weighted by atomic mass is 10.1. The van der Waals surface area contributed by atoms with Crippen molar-refractivity contribution in [1.29, 1.82) is 0 Å². The van der Waals surface area contributed by atoms with Crippen LogP contribution >= 0.6 is 11.6 Å². The van der Waals surface area contributed by atoms with E-state index in [0.29, 0.717) is 16.3 Å². The second kappa shape index (κ2) is 8.24. The molecule has 2 N–H and O–H groups in total. The van der Waals surface area contributed by atoms with E-state index in [9.17, 15) is 13.2 Å². The van der Waals surface area contributed by atoms with E-state index in [2.05, 4.69) is 10.0 Å². The first-order valence-electron chi connectivity index (χ1n) is 8.15. The highest BCUT2D eigenvalue weighted by molar-refractivity contribution is 7.92. The number of halogens is 1. The van der Waals surface area contributed by atoms with Crippen LogP contribution in [0.1, 0.15) is 15.9 Å². The van der Waals surface area contributed by atoms with Gasteiger partial charge in [-0.15, -0.1) is 0 Å². The number of benzene rings is 3. The fraction of sp³-hybridized carbons (Fsp3) is 0.0500. The smallest absolute Gasteiger partial charge is 0.261 e. The summed E-state index contributed by atoms with van der Waals surface area (Å²) in [5.41, 5.74) is 1.45. The van der Waals surface area contributed by atoms with Gasteiger partial charge in [0.1, 0.15) is 0 Å². The van der Waals surface area contributed by atoms with Crippen molar-refractivity contribution < 1.29 is 13.2 Å². The first-order valence-corrected chi connectivity index (χ1v) is 10.0. The highest BCUT2D eigenvalue weighted by Crippen LogP contribution is 2.18. The lowest BCUT2D eigenvalue weighted by Gasteiger charge is -2.10. The molecule has 1 amide bonds. The van der Waals surface area contributed by atoms with Crippen LogP contribution in [0.2, 0.25) is 5.02 Å². The van der Waals surface area contributed by atoms with E-state index in [4.69, 9.17) is 11.6 Å². The molecule has 0 fully saturated rings. The van der Waals surface area contributed by atoms with Crippen molar-refractivity contribution in [2.45, 2.75) is 11.4 Å². The molecule has 0 radical (unpaired) electrons. The van der Waals surface area contributed by atoms with Crippen LogP contribution in [0.15, 0.2) is 83.8 Å². The van der Waals surface area contributed by atoms with Gasteiger partial charge in [-0.05, 0) is 42.0 Å². The highest BCUT2D eigenvalue weighted by Gasteiger charge is 2.14. The van der Waals surface area contributed by atoms with E-state index in [1.165, 1.54) is 18.2 Å². The predicted octanol–water partition coefficient (Wildman–Crippen LogP) is 4.07. The zero-order chi connectivity index (χ0) is 19.3. The van der Waals surface area contributed by atoms with Crippen LogP contribution in [0.4, 0.5) is 5.69 Å². The van der Waals surface area contributed by atoms with Gasteiger partial charge in [-0.3, -0.25) is 9.52 Å². The molecule has 0 bridgehead atoms. The van der Waals surface area contributed by atoms with Gasteiger partial charge in [0.2, 0.25) is 0 Å². The molecular weight excluding hydrogens is 384 g/mol. The van der Waals surface area contributed by atoms with Crippen LogP contribution in [-0.2, 0) is 16.6 Å². The number of carbonyl (C=O) groups excluding carboxylic acids is 1. The van der Waals surface area contributed by atoms with Crippen molar-refractivity contribution in [3.63, 3.8) is 0 Å². The fourth-order valence-corrected chi connectivity index (χ4v) is 3.73. The first kappa shape index (κ1) is 18.9.